The second-order valence-electron chi connectivity index (χ2n) is 4.13. The van der Waals surface area contributed by atoms with Gasteiger partial charge >= 0.3 is 5.97 Å². The molecule has 1 aliphatic rings. The second-order valence-corrected chi connectivity index (χ2v) is 4.13. The van der Waals surface area contributed by atoms with Gasteiger partial charge in [0.1, 0.15) is 0 Å². The van der Waals surface area contributed by atoms with Crippen LogP contribution in [0.15, 0.2) is 12.8 Å². The molecule has 1 saturated heterocycles. The Morgan fingerprint density at radius 2 is 1.82 bits per heavy atom. The molecule has 0 amide bonds. The molecule has 0 bridgehead atoms. The van der Waals surface area contributed by atoms with Crippen LogP contribution in [-0.2, 0) is 19.0 Å². The molecule has 0 aliphatic carbocycles. The van der Waals surface area contributed by atoms with Gasteiger partial charge in [0, 0.05) is 6.42 Å². The molecular formula is C13H22O4. The molecule has 1 heterocycles. The van der Waals surface area contributed by atoms with Crippen molar-refractivity contribution < 1.29 is 19.0 Å². The summed E-state index contributed by atoms with van der Waals surface area (Å²) in [4.78, 5) is 11.0. The lowest BCUT2D eigenvalue weighted by Crippen LogP contribution is -2.06. The average molecular weight is 242 g/mol. The maximum atomic E-state index is 11.0. The fourth-order valence-corrected chi connectivity index (χ4v) is 1.84. The van der Waals surface area contributed by atoms with Gasteiger partial charge in [-0.15, -0.1) is 0 Å². The SMILES string of the molecule is C=COC(=O)CCCCCCCC1OCCO1. The van der Waals surface area contributed by atoms with Crippen LogP contribution in [-0.4, -0.2) is 25.5 Å². The van der Waals surface area contributed by atoms with Crippen LogP contribution in [0.5, 0.6) is 0 Å². The molecule has 0 aromatic heterocycles. The quantitative estimate of drug-likeness (QED) is 0.354. The second kappa shape index (κ2) is 9.19. The lowest BCUT2D eigenvalue weighted by atomic mass is 10.1. The van der Waals surface area contributed by atoms with E-state index >= 15 is 0 Å². The van der Waals surface area contributed by atoms with Crippen LogP contribution in [0.4, 0.5) is 0 Å². The van der Waals surface area contributed by atoms with Gasteiger partial charge in [0.25, 0.3) is 0 Å². The number of rotatable bonds is 9. The number of unbranched alkanes of at least 4 members (excludes halogenated alkanes) is 4. The monoisotopic (exact) mass is 242 g/mol. The molecule has 0 atom stereocenters. The van der Waals surface area contributed by atoms with Crippen molar-refractivity contribution in [2.45, 2.75) is 51.2 Å². The summed E-state index contributed by atoms with van der Waals surface area (Å²) in [5.74, 6) is -0.187. The van der Waals surface area contributed by atoms with E-state index in [0.717, 1.165) is 45.3 Å². The predicted molar refractivity (Wildman–Crippen MR) is 64.3 cm³/mol. The van der Waals surface area contributed by atoms with Gasteiger partial charge in [0.15, 0.2) is 6.29 Å². The van der Waals surface area contributed by atoms with Crippen LogP contribution in [0.1, 0.15) is 44.9 Å². The summed E-state index contributed by atoms with van der Waals surface area (Å²) in [6.45, 7) is 4.80. The van der Waals surface area contributed by atoms with E-state index < -0.39 is 0 Å². The Labute approximate surface area is 103 Å². The Hall–Kier alpha value is -0.870. The normalized spacial score (nSPS) is 16.0. The largest absolute Gasteiger partial charge is 0.435 e. The van der Waals surface area contributed by atoms with Crippen LogP contribution in [0.3, 0.4) is 0 Å². The zero-order valence-corrected chi connectivity index (χ0v) is 10.4. The molecule has 0 N–H and O–H groups in total. The molecule has 98 valence electrons. The van der Waals surface area contributed by atoms with E-state index in [2.05, 4.69) is 11.3 Å². The molecular weight excluding hydrogens is 220 g/mol. The fourth-order valence-electron chi connectivity index (χ4n) is 1.84. The van der Waals surface area contributed by atoms with E-state index in [9.17, 15) is 4.79 Å². The minimum Gasteiger partial charge on any atom is -0.435 e. The Morgan fingerprint density at radius 3 is 2.53 bits per heavy atom. The standard InChI is InChI=1S/C13H22O4/c1-2-15-12(14)8-6-4-3-5-7-9-13-16-10-11-17-13/h2,13H,1,3-11H2. The van der Waals surface area contributed by atoms with Crippen molar-refractivity contribution in [3.05, 3.63) is 12.8 Å². The summed E-state index contributed by atoms with van der Waals surface area (Å²) in [5, 5.41) is 0. The maximum Gasteiger partial charge on any atom is 0.310 e. The highest BCUT2D eigenvalue weighted by Gasteiger charge is 2.14. The van der Waals surface area contributed by atoms with E-state index in [1.54, 1.807) is 0 Å². The first kappa shape index (κ1) is 14.2. The number of carbonyl (C=O) groups excluding carboxylic acids is 1. The minimum atomic E-state index is -0.187. The van der Waals surface area contributed by atoms with Crippen molar-refractivity contribution in [2.75, 3.05) is 13.2 Å². The molecule has 1 rings (SSSR count). The van der Waals surface area contributed by atoms with Gasteiger partial charge in [-0.3, -0.25) is 4.79 Å². The number of hydrogen-bond acceptors (Lipinski definition) is 4. The zero-order chi connectivity index (χ0) is 12.3. The molecule has 4 nitrogen and oxygen atoms in total. The van der Waals surface area contributed by atoms with Gasteiger partial charge in [-0.1, -0.05) is 25.8 Å². The van der Waals surface area contributed by atoms with Gasteiger partial charge in [0.05, 0.1) is 19.5 Å². The predicted octanol–water partition coefficient (Wildman–Crippen LogP) is 2.78. The molecule has 1 aliphatic heterocycles. The van der Waals surface area contributed by atoms with Gasteiger partial charge in [-0.2, -0.15) is 0 Å². The third-order valence-corrected chi connectivity index (χ3v) is 2.73. The molecule has 0 radical (unpaired) electrons. The summed E-state index contributed by atoms with van der Waals surface area (Å²) in [7, 11) is 0. The summed E-state index contributed by atoms with van der Waals surface area (Å²) >= 11 is 0. The van der Waals surface area contributed by atoms with Crippen LogP contribution < -0.4 is 0 Å². The topological polar surface area (TPSA) is 44.8 Å². The Bertz CT molecular complexity index is 221. The van der Waals surface area contributed by atoms with E-state index in [4.69, 9.17) is 9.47 Å². The first-order valence-electron chi connectivity index (χ1n) is 6.36. The van der Waals surface area contributed by atoms with Crippen LogP contribution in [0, 0.1) is 0 Å². The third kappa shape index (κ3) is 7.13. The van der Waals surface area contributed by atoms with Crippen molar-refractivity contribution in [1.82, 2.24) is 0 Å². The van der Waals surface area contributed by atoms with Gasteiger partial charge in [-0.05, 0) is 19.3 Å². The summed E-state index contributed by atoms with van der Waals surface area (Å²) in [6.07, 6.45) is 8.08. The Morgan fingerprint density at radius 1 is 1.18 bits per heavy atom. The summed E-state index contributed by atoms with van der Waals surface area (Å²) in [5.41, 5.74) is 0. The lowest BCUT2D eigenvalue weighted by Gasteiger charge is -2.07. The lowest BCUT2D eigenvalue weighted by molar-refractivity contribution is -0.138. The van der Waals surface area contributed by atoms with E-state index in [1.807, 2.05) is 0 Å². The van der Waals surface area contributed by atoms with Crippen LogP contribution >= 0.6 is 0 Å². The van der Waals surface area contributed by atoms with E-state index in [1.165, 1.54) is 12.7 Å². The molecule has 0 saturated carbocycles. The zero-order valence-electron chi connectivity index (χ0n) is 10.4. The molecule has 0 aromatic rings. The highest BCUT2D eigenvalue weighted by atomic mass is 16.7. The molecule has 0 unspecified atom stereocenters. The van der Waals surface area contributed by atoms with Gasteiger partial charge in [-0.25, -0.2) is 0 Å². The Kier molecular flexibility index (Phi) is 7.67. The molecule has 1 fully saturated rings. The first-order valence-corrected chi connectivity index (χ1v) is 6.36. The summed E-state index contributed by atoms with van der Waals surface area (Å²) in [6, 6.07) is 0. The third-order valence-electron chi connectivity index (χ3n) is 2.73. The summed E-state index contributed by atoms with van der Waals surface area (Å²) < 4.78 is 15.3. The average Bonchev–Trinajstić information content (AvgIpc) is 2.81. The van der Waals surface area contributed by atoms with E-state index in [-0.39, 0.29) is 12.3 Å². The smallest absolute Gasteiger partial charge is 0.310 e. The fraction of sp³-hybridized carbons (Fsp3) is 0.769. The number of hydrogen-bond donors (Lipinski definition) is 0. The van der Waals surface area contributed by atoms with Crippen molar-refractivity contribution in [3.8, 4) is 0 Å². The number of ether oxygens (including phenoxy) is 3. The number of carbonyl (C=O) groups is 1. The van der Waals surface area contributed by atoms with Crippen LogP contribution in [0.2, 0.25) is 0 Å². The van der Waals surface area contributed by atoms with Crippen molar-refractivity contribution in [1.29, 1.82) is 0 Å². The molecule has 4 heteroatoms. The molecule has 0 aromatic carbocycles. The molecule has 17 heavy (non-hydrogen) atoms. The first-order chi connectivity index (χ1) is 8.33. The van der Waals surface area contributed by atoms with Crippen molar-refractivity contribution in [3.63, 3.8) is 0 Å². The van der Waals surface area contributed by atoms with Gasteiger partial charge < -0.3 is 14.2 Å². The van der Waals surface area contributed by atoms with E-state index in [0.29, 0.717) is 6.42 Å². The highest BCUT2D eigenvalue weighted by Crippen LogP contribution is 2.14. The minimum absolute atomic E-state index is 0.0255. The Balaban J connectivity index is 1.80. The van der Waals surface area contributed by atoms with Crippen molar-refractivity contribution in [2.24, 2.45) is 0 Å². The molecule has 0 spiro atoms. The van der Waals surface area contributed by atoms with Gasteiger partial charge in [0.2, 0.25) is 0 Å². The highest BCUT2D eigenvalue weighted by molar-refractivity contribution is 5.69. The maximum absolute atomic E-state index is 11.0. The number of esters is 1. The van der Waals surface area contributed by atoms with Crippen molar-refractivity contribution >= 4 is 5.97 Å². The van der Waals surface area contributed by atoms with Crippen LogP contribution in [0.25, 0.3) is 0 Å².